The maximum Gasteiger partial charge on any atom is 0.0591 e. The first-order valence-corrected chi connectivity index (χ1v) is 7.60. The van der Waals surface area contributed by atoms with Gasteiger partial charge >= 0.3 is 0 Å². The first kappa shape index (κ1) is 14.5. The van der Waals surface area contributed by atoms with Crippen molar-refractivity contribution in [2.75, 3.05) is 19.8 Å². The van der Waals surface area contributed by atoms with Crippen LogP contribution >= 0.6 is 0 Å². The molecule has 0 heterocycles. The zero-order valence-corrected chi connectivity index (χ0v) is 12.3. The molecule has 0 spiro atoms. The summed E-state index contributed by atoms with van der Waals surface area (Å²) in [7, 11) is 0. The lowest BCUT2D eigenvalue weighted by Gasteiger charge is -2.08. The molecule has 1 aromatic carbocycles. The summed E-state index contributed by atoms with van der Waals surface area (Å²) in [4.78, 5) is 0. The second-order valence-electron chi connectivity index (χ2n) is 6.11. The van der Waals surface area contributed by atoms with Crippen molar-refractivity contribution in [3.8, 4) is 0 Å². The zero-order valence-electron chi connectivity index (χ0n) is 12.3. The Labute approximate surface area is 117 Å². The van der Waals surface area contributed by atoms with Crippen LogP contribution in [-0.4, -0.2) is 19.8 Å². The Morgan fingerprint density at radius 2 is 1.84 bits per heavy atom. The summed E-state index contributed by atoms with van der Waals surface area (Å²) in [6, 6.07) is 8.97. The maximum absolute atomic E-state index is 5.60. The van der Waals surface area contributed by atoms with Crippen LogP contribution in [0, 0.1) is 11.8 Å². The zero-order chi connectivity index (χ0) is 13.5. The number of nitrogens with one attached hydrogen (secondary N) is 1. The molecule has 2 heteroatoms. The molecule has 1 aromatic rings. The fraction of sp³-hybridized carbons (Fsp3) is 0.647. The Hall–Kier alpha value is -0.860. The number of hydrogen-bond donors (Lipinski definition) is 1. The van der Waals surface area contributed by atoms with Crippen LogP contribution in [0.25, 0.3) is 0 Å². The van der Waals surface area contributed by atoms with Crippen molar-refractivity contribution in [1.29, 1.82) is 0 Å². The lowest BCUT2D eigenvalue weighted by Crippen LogP contribution is -2.19. The van der Waals surface area contributed by atoms with Crippen LogP contribution in [-0.2, 0) is 17.7 Å². The molecule has 1 N–H and O–H groups in total. The van der Waals surface area contributed by atoms with Gasteiger partial charge in [0.15, 0.2) is 0 Å². The maximum atomic E-state index is 5.60. The lowest BCUT2D eigenvalue weighted by atomic mass is 10.0. The van der Waals surface area contributed by atoms with Gasteiger partial charge in [-0.15, -0.1) is 0 Å². The molecule has 2 nitrogen and oxygen atoms in total. The van der Waals surface area contributed by atoms with Gasteiger partial charge in [-0.05, 0) is 42.2 Å². The number of ether oxygens (including phenoxy) is 1. The van der Waals surface area contributed by atoms with Gasteiger partial charge in [-0.25, -0.2) is 0 Å². The highest BCUT2D eigenvalue weighted by Crippen LogP contribution is 2.28. The Bertz CT molecular complexity index is 354. The topological polar surface area (TPSA) is 21.3 Å². The van der Waals surface area contributed by atoms with Gasteiger partial charge in [0.25, 0.3) is 0 Å². The standard InChI is InChI=1S/C17H27NO/c1-14(2)11-15-3-5-16(6-4-15)12-18-9-10-19-13-17-7-8-17/h3-6,14,17-18H,7-13H2,1-2H3. The smallest absolute Gasteiger partial charge is 0.0591 e. The van der Waals surface area contributed by atoms with Crippen LogP contribution in [0.1, 0.15) is 37.8 Å². The van der Waals surface area contributed by atoms with E-state index in [9.17, 15) is 0 Å². The predicted octanol–water partition coefficient (Wildman–Crippen LogP) is 3.40. The second kappa shape index (κ2) is 7.66. The van der Waals surface area contributed by atoms with E-state index < -0.39 is 0 Å². The van der Waals surface area contributed by atoms with E-state index in [4.69, 9.17) is 4.74 Å². The molecule has 1 saturated carbocycles. The van der Waals surface area contributed by atoms with Crippen molar-refractivity contribution < 1.29 is 4.74 Å². The van der Waals surface area contributed by atoms with Crippen LogP contribution in [0.5, 0.6) is 0 Å². The van der Waals surface area contributed by atoms with Gasteiger partial charge in [0.05, 0.1) is 6.61 Å². The molecule has 1 aliphatic carbocycles. The van der Waals surface area contributed by atoms with E-state index in [1.54, 1.807) is 0 Å². The molecular formula is C17H27NO. The average Bonchev–Trinajstić information content (AvgIpc) is 3.19. The van der Waals surface area contributed by atoms with Gasteiger partial charge in [-0.1, -0.05) is 38.1 Å². The normalized spacial score (nSPS) is 15.1. The Kier molecular flexibility index (Phi) is 5.87. The first-order valence-electron chi connectivity index (χ1n) is 7.60. The van der Waals surface area contributed by atoms with E-state index in [0.29, 0.717) is 0 Å². The van der Waals surface area contributed by atoms with Gasteiger partial charge in [0.1, 0.15) is 0 Å². The molecule has 0 bridgehead atoms. The molecule has 0 aromatic heterocycles. The Balaban J connectivity index is 1.56. The number of rotatable bonds is 9. The van der Waals surface area contributed by atoms with E-state index >= 15 is 0 Å². The molecule has 0 unspecified atom stereocenters. The first-order chi connectivity index (χ1) is 9.24. The quantitative estimate of drug-likeness (QED) is 0.688. The van der Waals surface area contributed by atoms with E-state index in [1.165, 1.54) is 30.4 Å². The lowest BCUT2D eigenvalue weighted by molar-refractivity contribution is 0.126. The van der Waals surface area contributed by atoms with E-state index in [-0.39, 0.29) is 0 Å². The Morgan fingerprint density at radius 3 is 2.47 bits per heavy atom. The van der Waals surface area contributed by atoms with Gasteiger partial charge in [0.2, 0.25) is 0 Å². The van der Waals surface area contributed by atoms with Gasteiger partial charge in [-0.2, -0.15) is 0 Å². The van der Waals surface area contributed by atoms with E-state index in [2.05, 4.69) is 43.4 Å². The molecule has 0 saturated heterocycles. The molecule has 0 atom stereocenters. The highest BCUT2D eigenvalue weighted by Gasteiger charge is 2.20. The van der Waals surface area contributed by atoms with Crippen molar-refractivity contribution in [2.24, 2.45) is 11.8 Å². The van der Waals surface area contributed by atoms with Crippen LogP contribution in [0.2, 0.25) is 0 Å². The molecule has 1 fully saturated rings. The summed E-state index contributed by atoms with van der Waals surface area (Å²) in [5, 5.41) is 3.43. The SMILES string of the molecule is CC(C)Cc1ccc(CNCCOCC2CC2)cc1. The summed E-state index contributed by atoms with van der Waals surface area (Å²) in [6.45, 7) is 8.21. The highest BCUT2D eigenvalue weighted by atomic mass is 16.5. The van der Waals surface area contributed by atoms with Crippen LogP contribution in [0.4, 0.5) is 0 Å². The second-order valence-corrected chi connectivity index (χ2v) is 6.11. The molecule has 19 heavy (non-hydrogen) atoms. The molecule has 0 aliphatic heterocycles. The van der Waals surface area contributed by atoms with Crippen molar-refractivity contribution in [3.63, 3.8) is 0 Å². The fourth-order valence-electron chi connectivity index (χ4n) is 2.18. The van der Waals surface area contributed by atoms with E-state index in [0.717, 1.165) is 38.1 Å². The molecule has 0 amide bonds. The van der Waals surface area contributed by atoms with Crippen LogP contribution < -0.4 is 5.32 Å². The predicted molar refractivity (Wildman–Crippen MR) is 80.2 cm³/mol. The van der Waals surface area contributed by atoms with E-state index in [1.807, 2.05) is 0 Å². The third kappa shape index (κ3) is 6.22. The van der Waals surface area contributed by atoms with Gasteiger partial charge in [0, 0.05) is 19.7 Å². The van der Waals surface area contributed by atoms with Crippen LogP contribution in [0.15, 0.2) is 24.3 Å². The molecule has 106 valence electrons. The minimum atomic E-state index is 0.729. The molecule has 0 radical (unpaired) electrons. The van der Waals surface area contributed by atoms with Crippen molar-refractivity contribution in [1.82, 2.24) is 5.32 Å². The van der Waals surface area contributed by atoms with Crippen molar-refractivity contribution in [3.05, 3.63) is 35.4 Å². The molecule has 1 aliphatic rings. The number of benzene rings is 1. The van der Waals surface area contributed by atoms with Crippen LogP contribution in [0.3, 0.4) is 0 Å². The summed E-state index contributed by atoms with van der Waals surface area (Å²) in [5.41, 5.74) is 2.79. The van der Waals surface area contributed by atoms with Crippen molar-refractivity contribution >= 4 is 0 Å². The van der Waals surface area contributed by atoms with Gasteiger partial charge in [-0.3, -0.25) is 0 Å². The Morgan fingerprint density at radius 1 is 1.16 bits per heavy atom. The molecular weight excluding hydrogens is 234 g/mol. The third-order valence-corrected chi connectivity index (χ3v) is 3.47. The monoisotopic (exact) mass is 261 g/mol. The van der Waals surface area contributed by atoms with Crippen molar-refractivity contribution in [2.45, 2.75) is 39.7 Å². The number of hydrogen-bond acceptors (Lipinski definition) is 2. The highest BCUT2D eigenvalue weighted by molar-refractivity contribution is 5.22. The average molecular weight is 261 g/mol. The largest absolute Gasteiger partial charge is 0.380 e. The summed E-state index contributed by atoms with van der Waals surface area (Å²) in [6.07, 6.45) is 3.91. The summed E-state index contributed by atoms with van der Waals surface area (Å²) >= 11 is 0. The summed E-state index contributed by atoms with van der Waals surface area (Å²) < 4.78 is 5.60. The molecule has 2 rings (SSSR count). The summed E-state index contributed by atoms with van der Waals surface area (Å²) in [5.74, 6) is 1.60. The fourth-order valence-corrected chi connectivity index (χ4v) is 2.18. The minimum Gasteiger partial charge on any atom is -0.380 e. The minimum absolute atomic E-state index is 0.729. The van der Waals surface area contributed by atoms with Gasteiger partial charge < -0.3 is 10.1 Å². The third-order valence-electron chi connectivity index (χ3n) is 3.47.